The van der Waals surface area contributed by atoms with Gasteiger partial charge in [-0.1, -0.05) is 47.5 Å². The highest BCUT2D eigenvalue weighted by molar-refractivity contribution is 6.30. The van der Waals surface area contributed by atoms with Crippen LogP contribution in [0, 0.1) is 0 Å². The number of benzene rings is 2. The lowest BCUT2D eigenvalue weighted by Gasteiger charge is -2.22. The van der Waals surface area contributed by atoms with E-state index in [1.54, 1.807) is 0 Å². The van der Waals surface area contributed by atoms with Crippen molar-refractivity contribution in [3.8, 4) is 0 Å². The number of aliphatic hydroxyl groups is 1. The van der Waals surface area contributed by atoms with Gasteiger partial charge in [0, 0.05) is 36.3 Å². The van der Waals surface area contributed by atoms with Gasteiger partial charge in [0.2, 0.25) is 0 Å². The van der Waals surface area contributed by atoms with Crippen LogP contribution in [0.5, 0.6) is 0 Å². The molecule has 21 heavy (non-hydrogen) atoms. The van der Waals surface area contributed by atoms with Crippen LogP contribution in [0.3, 0.4) is 0 Å². The fraction of sp³-hybridized carbons (Fsp3) is 0.294. The molecule has 2 aromatic rings. The molecule has 0 aliphatic carbocycles. The van der Waals surface area contributed by atoms with E-state index in [-0.39, 0.29) is 6.61 Å². The van der Waals surface area contributed by atoms with E-state index < -0.39 is 0 Å². The number of halogens is 2. The normalized spacial score (nSPS) is 11.0. The molecule has 0 aliphatic heterocycles. The molecule has 0 fully saturated rings. The van der Waals surface area contributed by atoms with Crippen LogP contribution in [0.25, 0.3) is 0 Å². The number of aliphatic hydroxyl groups excluding tert-OH is 1. The first-order chi connectivity index (χ1) is 10.2. The summed E-state index contributed by atoms with van der Waals surface area (Å²) in [4.78, 5) is 2.31. The third-order valence-electron chi connectivity index (χ3n) is 3.27. The first kappa shape index (κ1) is 16.3. The topological polar surface area (TPSA) is 23.5 Å². The van der Waals surface area contributed by atoms with Crippen molar-refractivity contribution in [1.82, 2.24) is 4.90 Å². The van der Waals surface area contributed by atoms with Crippen molar-refractivity contribution >= 4 is 23.2 Å². The minimum Gasteiger partial charge on any atom is -0.396 e. The fourth-order valence-corrected chi connectivity index (χ4v) is 2.46. The Hall–Kier alpha value is -1.06. The van der Waals surface area contributed by atoms with Crippen molar-refractivity contribution in [2.24, 2.45) is 0 Å². The molecule has 0 saturated carbocycles. The zero-order valence-corrected chi connectivity index (χ0v) is 13.3. The zero-order chi connectivity index (χ0) is 15.1. The highest BCUT2D eigenvalue weighted by Crippen LogP contribution is 2.15. The van der Waals surface area contributed by atoms with Crippen LogP contribution in [-0.2, 0) is 13.1 Å². The molecule has 0 amide bonds. The summed E-state index contributed by atoms with van der Waals surface area (Å²) >= 11 is 11.8. The molecule has 0 aromatic heterocycles. The monoisotopic (exact) mass is 323 g/mol. The van der Waals surface area contributed by atoms with Crippen LogP contribution in [0.2, 0.25) is 10.0 Å². The fourth-order valence-electron chi connectivity index (χ4n) is 2.20. The van der Waals surface area contributed by atoms with Crippen LogP contribution in [-0.4, -0.2) is 23.2 Å². The standard InChI is InChI=1S/C17H19Cl2NO/c18-16-6-2-14(3-7-16)12-20(10-1-11-21)13-15-4-8-17(19)9-5-15/h2-9,21H,1,10-13H2. The molecule has 2 rings (SSSR count). The molecular formula is C17H19Cl2NO. The van der Waals surface area contributed by atoms with Gasteiger partial charge >= 0.3 is 0 Å². The van der Waals surface area contributed by atoms with Crippen LogP contribution in [0.4, 0.5) is 0 Å². The van der Waals surface area contributed by atoms with E-state index >= 15 is 0 Å². The van der Waals surface area contributed by atoms with E-state index in [1.165, 1.54) is 11.1 Å². The molecule has 0 spiro atoms. The van der Waals surface area contributed by atoms with Crippen molar-refractivity contribution < 1.29 is 5.11 Å². The van der Waals surface area contributed by atoms with Gasteiger partial charge in [0.1, 0.15) is 0 Å². The largest absolute Gasteiger partial charge is 0.396 e. The summed E-state index contributed by atoms with van der Waals surface area (Å²) < 4.78 is 0. The number of hydrogen-bond acceptors (Lipinski definition) is 2. The van der Waals surface area contributed by atoms with E-state index in [0.717, 1.165) is 36.1 Å². The minimum absolute atomic E-state index is 0.206. The summed E-state index contributed by atoms with van der Waals surface area (Å²) in [6.07, 6.45) is 0.765. The van der Waals surface area contributed by atoms with Gasteiger partial charge in [-0.25, -0.2) is 0 Å². The Labute approximate surface area is 135 Å². The number of rotatable bonds is 7. The molecular weight excluding hydrogens is 305 g/mol. The highest BCUT2D eigenvalue weighted by atomic mass is 35.5. The van der Waals surface area contributed by atoms with Gasteiger partial charge in [0.05, 0.1) is 0 Å². The van der Waals surface area contributed by atoms with E-state index in [1.807, 2.05) is 48.5 Å². The van der Waals surface area contributed by atoms with Crippen molar-refractivity contribution in [3.63, 3.8) is 0 Å². The molecule has 0 heterocycles. The molecule has 0 radical (unpaired) electrons. The zero-order valence-electron chi connectivity index (χ0n) is 11.8. The predicted octanol–water partition coefficient (Wildman–Crippen LogP) is 4.38. The van der Waals surface area contributed by atoms with Crippen molar-refractivity contribution in [3.05, 3.63) is 69.7 Å². The predicted molar refractivity (Wildman–Crippen MR) is 88.7 cm³/mol. The lowest BCUT2D eigenvalue weighted by molar-refractivity contribution is 0.212. The summed E-state index contributed by atoms with van der Waals surface area (Å²) in [6.45, 7) is 2.72. The molecule has 1 N–H and O–H groups in total. The summed E-state index contributed by atoms with van der Waals surface area (Å²) in [7, 11) is 0. The van der Waals surface area contributed by atoms with E-state index in [2.05, 4.69) is 4.90 Å². The van der Waals surface area contributed by atoms with Crippen LogP contribution < -0.4 is 0 Å². The number of nitrogens with zero attached hydrogens (tertiary/aromatic N) is 1. The first-order valence-electron chi connectivity index (χ1n) is 6.99. The Kier molecular flexibility index (Phi) is 6.52. The Morgan fingerprint density at radius 3 is 1.57 bits per heavy atom. The van der Waals surface area contributed by atoms with Gasteiger partial charge < -0.3 is 5.11 Å². The van der Waals surface area contributed by atoms with Crippen molar-refractivity contribution in [2.45, 2.75) is 19.5 Å². The van der Waals surface area contributed by atoms with Crippen LogP contribution in [0.15, 0.2) is 48.5 Å². The maximum atomic E-state index is 9.06. The molecule has 112 valence electrons. The van der Waals surface area contributed by atoms with E-state index in [9.17, 15) is 0 Å². The van der Waals surface area contributed by atoms with Gasteiger partial charge in [0.25, 0.3) is 0 Å². The summed E-state index contributed by atoms with van der Waals surface area (Å²) in [5, 5.41) is 10.6. The molecule has 2 nitrogen and oxygen atoms in total. The highest BCUT2D eigenvalue weighted by Gasteiger charge is 2.07. The Morgan fingerprint density at radius 2 is 1.19 bits per heavy atom. The lowest BCUT2D eigenvalue weighted by Crippen LogP contribution is -2.24. The van der Waals surface area contributed by atoms with Gasteiger partial charge in [-0.3, -0.25) is 4.90 Å². The van der Waals surface area contributed by atoms with Gasteiger partial charge in [-0.2, -0.15) is 0 Å². The number of hydrogen-bond donors (Lipinski definition) is 1. The molecule has 0 saturated heterocycles. The van der Waals surface area contributed by atoms with Gasteiger partial charge in [-0.15, -0.1) is 0 Å². The van der Waals surface area contributed by atoms with Crippen molar-refractivity contribution in [2.75, 3.05) is 13.2 Å². The third kappa shape index (κ3) is 5.68. The minimum atomic E-state index is 0.206. The SMILES string of the molecule is OCCCN(Cc1ccc(Cl)cc1)Cc1ccc(Cl)cc1. The van der Waals surface area contributed by atoms with Gasteiger partial charge in [-0.05, 0) is 41.8 Å². The summed E-state index contributed by atoms with van der Waals surface area (Å²) in [5.41, 5.74) is 2.43. The smallest absolute Gasteiger partial charge is 0.0443 e. The lowest BCUT2D eigenvalue weighted by atomic mass is 10.1. The second-order valence-electron chi connectivity index (χ2n) is 5.04. The molecule has 2 aromatic carbocycles. The second kappa shape index (κ2) is 8.40. The average molecular weight is 324 g/mol. The maximum absolute atomic E-state index is 9.06. The Balaban J connectivity index is 2.02. The Bertz CT molecular complexity index is 492. The van der Waals surface area contributed by atoms with Gasteiger partial charge in [0.15, 0.2) is 0 Å². The van der Waals surface area contributed by atoms with E-state index in [4.69, 9.17) is 28.3 Å². The van der Waals surface area contributed by atoms with Crippen molar-refractivity contribution in [1.29, 1.82) is 0 Å². The van der Waals surface area contributed by atoms with Crippen LogP contribution >= 0.6 is 23.2 Å². The van der Waals surface area contributed by atoms with E-state index in [0.29, 0.717) is 0 Å². The summed E-state index contributed by atoms with van der Waals surface area (Å²) in [6, 6.07) is 15.8. The maximum Gasteiger partial charge on any atom is 0.0443 e. The summed E-state index contributed by atoms with van der Waals surface area (Å²) in [5.74, 6) is 0. The molecule has 0 unspecified atom stereocenters. The molecule has 0 aliphatic rings. The second-order valence-corrected chi connectivity index (χ2v) is 5.91. The van der Waals surface area contributed by atoms with Crippen LogP contribution in [0.1, 0.15) is 17.5 Å². The molecule has 0 bridgehead atoms. The quantitative estimate of drug-likeness (QED) is 0.817. The third-order valence-corrected chi connectivity index (χ3v) is 3.78. The first-order valence-corrected chi connectivity index (χ1v) is 7.75. The average Bonchev–Trinajstić information content (AvgIpc) is 2.49. The Morgan fingerprint density at radius 1 is 0.762 bits per heavy atom. The molecule has 0 atom stereocenters. The molecule has 4 heteroatoms.